The molecule has 120 valence electrons. The molecule has 1 atom stereocenters. The number of carbonyl (C=O) groups excluding carboxylic acids is 2. The number of amides is 3. The zero-order valence-corrected chi connectivity index (χ0v) is 12.2. The van der Waals surface area contributed by atoms with Crippen LogP contribution in [0.2, 0.25) is 0 Å². The van der Waals surface area contributed by atoms with Gasteiger partial charge in [-0.25, -0.2) is 9.59 Å². The third-order valence-corrected chi connectivity index (χ3v) is 3.39. The molecule has 4 N–H and O–H groups in total. The highest BCUT2D eigenvalue weighted by Crippen LogP contribution is 2.16. The highest BCUT2D eigenvalue weighted by atomic mass is 16.5. The van der Waals surface area contributed by atoms with Gasteiger partial charge in [-0.1, -0.05) is 19.3 Å². The van der Waals surface area contributed by atoms with Crippen LogP contribution in [0.25, 0.3) is 0 Å². The summed E-state index contributed by atoms with van der Waals surface area (Å²) in [6.45, 7) is -0.342. The maximum absolute atomic E-state index is 11.6. The topological polar surface area (TPSA) is 117 Å². The Balaban J connectivity index is 2.16. The van der Waals surface area contributed by atoms with E-state index < -0.39 is 18.0 Å². The normalized spacial score (nSPS) is 16.8. The van der Waals surface area contributed by atoms with Crippen LogP contribution in [0.5, 0.6) is 0 Å². The van der Waals surface area contributed by atoms with Gasteiger partial charge in [0.2, 0.25) is 5.91 Å². The first-order valence-corrected chi connectivity index (χ1v) is 7.09. The van der Waals surface area contributed by atoms with E-state index in [2.05, 4.69) is 20.7 Å². The van der Waals surface area contributed by atoms with Gasteiger partial charge in [0.25, 0.3) is 0 Å². The number of nitrogens with one attached hydrogen (secondary N) is 3. The molecule has 3 amide bonds. The molecule has 0 aromatic rings. The summed E-state index contributed by atoms with van der Waals surface area (Å²) in [5, 5.41) is 16.4. The molecule has 8 heteroatoms. The monoisotopic (exact) mass is 301 g/mol. The Kier molecular flexibility index (Phi) is 7.52. The van der Waals surface area contributed by atoms with Crippen LogP contribution in [0.3, 0.4) is 0 Å². The second kappa shape index (κ2) is 9.17. The van der Waals surface area contributed by atoms with Crippen molar-refractivity contribution in [3.05, 3.63) is 0 Å². The van der Waals surface area contributed by atoms with Crippen LogP contribution < -0.4 is 16.0 Å². The Bertz CT molecular complexity index is 369. The highest BCUT2D eigenvalue weighted by molar-refractivity contribution is 5.84. The second-order valence-electron chi connectivity index (χ2n) is 5.03. The molecular formula is C13H23N3O5. The summed E-state index contributed by atoms with van der Waals surface area (Å²) in [5.74, 6) is -1.61. The average Bonchev–Trinajstić information content (AvgIpc) is 2.46. The lowest BCUT2D eigenvalue weighted by molar-refractivity contribution is -0.148. The minimum absolute atomic E-state index is 0.142. The lowest BCUT2D eigenvalue weighted by Crippen LogP contribution is -2.47. The van der Waals surface area contributed by atoms with E-state index in [1.165, 1.54) is 13.5 Å². The van der Waals surface area contributed by atoms with Crippen molar-refractivity contribution in [2.45, 2.75) is 44.2 Å². The van der Waals surface area contributed by atoms with Crippen LogP contribution in [0.4, 0.5) is 4.79 Å². The van der Waals surface area contributed by atoms with Crippen molar-refractivity contribution >= 4 is 17.9 Å². The number of urea groups is 1. The molecule has 0 heterocycles. The third-order valence-electron chi connectivity index (χ3n) is 3.39. The number of hydrogen-bond donors (Lipinski definition) is 4. The lowest BCUT2D eigenvalue weighted by atomic mass is 9.96. The summed E-state index contributed by atoms with van der Waals surface area (Å²) in [7, 11) is 1.25. The van der Waals surface area contributed by atoms with Gasteiger partial charge in [0.05, 0.1) is 13.1 Å². The number of rotatable bonds is 7. The van der Waals surface area contributed by atoms with Crippen molar-refractivity contribution in [3.63, 3.8) is 0 Å². The fourth-order valence-corrected chi connectivity index (χ4v) is 2.18. The molecule has 0 bridgehead atoms. The first-order chi connectivity index (χ1) is 10.0. The quantitative estimate of drug-likeness (QED) is 0.521. The van der Waals surface area contributed by atoms with Gasteiger partial charge in [-0.05, 0) is 12.8 Å². The molecule has 1 aliphatic carbocycles. The molecule has 8 nitrogen and oxygen atoms in total. The van der Waals surface area contributed by atoms with Crippen molar-refractivity contribution in [1.29, 1.82) is 0 Å². The van der Waals surface area contributed by atoms with Crippen LogP contribution in [-0.4, -0.2) is 55.4 Å². The van der Waals surface area contributed by atoms with Crippen molar-refractivity contribution < 1.29 is 24.2 Å². The van der Waals surface area contributed by atoms with Gasteiger partial charge in [-0.2, -0.15) is 0 Å². The molecule has 0 saturated heterocycles. The summed E-state index contributed by atoms with van der Waals surface area (Å²) >= 11 is 0. The smallest absolute Gasteiger partial charge is 0.334 e. The molecule has 0 aliphatic heterocycles. The van der Waals surface area contributed by atoms with Crippen LogP contribution in [-0.2, 0) is 14.3 Å². The maximum Gasteiger partial charge on any atom is 0.334 e. The van der Waals surface area contributed by atoms with Crippen molar-refractivity contribution in [1.82, 2.24) is 16.0 Å². The van der Waals surface area contributed by atoms with E-state index >= 15 is 0 Å². The highest BCUT2D eigenvalue weighted by Gasteiger charge is 2.18. The largest absolute Gasteiger partial charge is 0.479 e. The molecular weight excluding hydrogens is 278 g/mol. The number of methoxy groups -OCH3 is 1. The molecule has 1 aliphatic rings. The number of ether oxygens (including phenoxy) is 1. The molecule has 0 aromatic heterocycles. The number of carboxylic acids is 1. The van der Waals surface area contributed by atoms with Gasteiger partial charge in [0.1, 0.15) is 0 Å². The van der Waals surface area contributed by atoms with E-state index in [1.807, 2.05) is 0 Å². The van der Waals surface area contributed by atoms with Gasteiger partial charge < -0.3 is 25.8 Å². The van der Waals surface area contributed by atoms with Crippen molar-refractivity contribution in [3.8, 4) is 0 Å². The Hall–Kier alpha value is -1.83. The first-order valence-electron chi connectivity index (χ1n) is 7.09. The van der Waals surface area contributed by atoms with Gasteiger partial charge in [0, 0.05) is 13.2 Å². The van der Waals surface area contributed by atoms with E-state index in [1.54, 1.807) is 0 Å². The van der Waals surface area contributed by atoms with Crippen molar-refractivity contribution in [2.24, 2.45) is 0 Å². The zero-order valence-electron chi connectivity index (χ0n) is 12.2. The SMILES string of the molecule is COC(CNC(=O)CNC(=O)NC1CCCCC1)C(=O)O. The van der Waals surface area contributed by atoms with E-state index in [9.17, 15) is 14.4 Å². The molecule has 0 radical (unpaired) electrons. The summed E-state index contributed by atoms with van der Waals surface area (Å²) in [6.07, 6.45) is 4.26. The Morgan fingerprint density at radius 2 is 1.86 bits per heavy atom. The molecule has 1 saturated carbocycles. The Labute approximate surface area is 123 Å². The third kappa shape index (κ3) is 6.94. The van der Waals surface area contributed by atoms with E-state index in [0.717, 1.165) is 25.7 Å². The fraction of sp³-hybridized carbons (Fsp3) is 0.769. The number of hydrogen-bond acceptors (Lipinski definition) is 4. The molecule has 1 unspecified atom stereocenters. The Morgan fingerprint density at radius 1 is 1.19 bits per heavy atom. The molecule has 0 spiro atoms. The minimum atomic E-state index is -1.15. The summed E-state index contributed by atoms with van der Waals surface area (Å²) in [5.41, 5.74) is 0. The standard InChI is InChI=1S/C13H23N3O5/c1-21-10(12(18)19)7-14-11(17)8-15-13(20)16-9-5-3-2-4-6-9/h9-10H,2-8H2,1H3,(H,14,17)(H,18,19)(H2,15,16,20). The lowest BCUT2D eigenvalue weighted by Gasteiger charge is -2.22. The van der Waals surface area contributed by atoms with Crippen LogP contribution in [0.15, 0.2) is 0 Å². The second-order valence-corrected chi connectivity index (χ2v) is 5.03. The van der Waals surface area contributed by atoms with Gasteiger partial charge in [-0.15, -0.1) is 0 Å². The zero-order chi connectivity index (χ0) is 15.7. The number of carbonyl (C=O) groups is 3. The fourth-order valence-electron chi connectivity index (χ4n) is 2.18. The first kappa shape index (κ1) is 17.2. The predicted octanol–water partition coefficient (Wildman–Crippen LogP) is -0.166. The summed E-state index contributed by atoms with van der Waals surface area (Å²) < 4.78 is 4.67. The summed E-state index contributed by atoms with van der Waals surface area (Å²) in [4.78, 5) is 33.8. The van der Waals surface area contributed by atoms with Gasteiger partial charge in [0.15, 0.2) is 6.10 Å². The number of aliphatic carboxylic acids is 1. The van der Waals surface area contributed by atoms with Gasteiger partial charge in [-0.3, -0.25) is 4.79 Å². The van der Waals surface area contributed by atoms with Crippen LogP contribution >= 0.6 is 0 Å². The molecule has 1 rings (SSSR count). The van der Waals surface area contributed by atoms with Crippen molar-refractivity contribution in [2.75, 3.05) is 20.2 Å². The molecule has 1 fully saturated rings. The van der Waals surface area contributed by atoms with E-state index in [4.69, 9.17) is 5.11 Å². The minimum Gasteiger partial charge on any atom is -0.479 e. The molecule has 0 aromatic carbocycles. The van der Waals surface area contributed by atoms with Crippen LogP contribution in [0, 0.1) is 0 Å². The van der Waals surface area contributed by atoms with E-state index in [0.29, 0.717) is 0 Å². The summed E-state index contributed by atoms with van der Waals surface area (Å²) in [6, 6.07) is -0.203. The molecule has 21 heavy (non-hydrogen) atoms. The van der Waals surface area contributed by atoms with E-state index in [-0.39, 0.29) is 25.2 Å². The average molecular weight is 301 g/mol. The maximum atomic E-state index is 11.6. The van der Waals surface area contributed by atoms with Gasteiger partial charge >= 0.3 is 12.0 Å². The number of carboxylic acid groups (broad SMARTS) is 1. The Morgan fingerprint density at radius 3 is 2.43 bits per heavy atom. The predicted molar refractivity (Wildman–Crippen MR) is 74.8 cm³/mol. The van der Waals surface area contributed by atoms with Crippen LogP contribution in [0.1, 0.15) is 32.1 Å².